The van der Waals surface area contributed by atoms with Crippen molar-refractivity contribution in [1.29, 1.82) is 5.26 Å². The monoisotopic (exact) mass is 331 g/mol. The second-order valence-electron chi connectivity index (χ2n) is 5.72. The summed E-state index contributed by atoms with van der Waals surface area (Å²) in [5, 5.41) is 8.87. The van der Waals surface area contributed by atoms with Crippen LogP contribution in [0.5, 0.6) is 0 Å². The highest BCUT2D eigenvalue weighted by Crippen LogP contribution is 2.29. The molecule has 1 aromatic carbocycles. The lowest BCUT2D eigenvalue weighted by Gasteiger charge is -2.28. The van der Waals surface area contributed by atoms with Gasteiger partial charge in [-0.2, -0.15) is 14.6 Å². The van der Waals surface area contributed by atoms with Crippen LogP contribution in [0.25, 0.3) is 11.5 Å². The third-order valence-electron chi connectivity index (χ3n) is 4.04. The van der Waals surface area contributed by atoms with Crippen molar-refractivity contribution in [2.75, 3.05) is 13.1 Å². The third kappa shape index (κ3) is 3.00. The second kappa shape index (κ2) is 6.14. The van der Waals surface area contributed by atoms with Crippen molar-refractivity contribution in [3.05, 3.63) is 36.0 Å². The quantitative estimate of drug-likeness (QED) is 0.863. The Morgan fingerprint density at radius 1 is 1.26 bits per heavy atom. The van der Waals surface area contributed by atoms with Crippen LogP contribution in [0.15, 0.2) is 39.8 Å². The number of nitrogens with zero attached hydrogens (tertiary/aromatic N) is 3. The zero-order chi connectivity index (χ0) is 16.4. The lowest BCUT2D eigenvalue weighted by Crippen LogP contribution is -2.38. The summed E-state index contributed by atoms with van der Waals surface area (Å²) in [6, 6.07) is 10.8. The van der Waals surface area contributed by atoms with Crippen molar-refractivity contribution in [3.63, 3.8) is 0 Å². The summed E-state index contributed by atoms with van der Waals surface area (Å²) in [5.74, 6) is 0.651. The summed E-state index contributed by atoms with van der Waals surface area (Å²) < 4.78 is 32.4. The van der Waals surface area contributed by atoms with Crippen LogP contribution in [0.2, 0.25) is 0 Å². The van der Waals surface area contributed by atoms with Gasteiger partial charge in [0, 0.05) is 18.7 Å². The summed E-state index contributed by atoms with van der Waals surface area (Å²) in [6.07, 6.45) is 1.61. The SMILES string of the molecule is CC1CCN(S(=O)(=O)c2oc(-c3ccccc3)nc2C#N)CC1. The molecule has 0 N–H and O–H groups in total. The highest BCUT2D eigenvalue weighted by molar-refractivity contribution is 7.89. The molecule has 0 radical (unpaired) electrons. The van der Waals surface area contributed by atoms with Gasteiger partial charge in [0.15, 0.2) is 5.69 Å². The molecule has 1 aromatic heterocycles. The Bertz CT molecular complexity index is 829. The summed E-state index contributed by atoms with van der Waals surface area (Å²) in [4.78, 5) is 4.04. The van der Waals surface area contributed by atoms with E-state index < -0.39 is 10.0 Å². The van der Waals surface area contributed by atoms with Crippen LogP contribution in [0.1, 0.15) is 25.5 Å². The van der Waals surface area contributed by atoms with E-state index in [0.717, 1.165) is 12.8 Å². The van der Waals surface area contributed by atoms with Crippen molar-refractivity contribution in [1.82, 2.24) is 9.29 Å². The first kappa shape index (κ1) is 15.7. The highest BCUT2D eigenvalue weighted by Gasteiger charge is 2.34. The second-order valence-corrected chi connectivity index (χ2v) is 7.56. The van der Waals surface area contributed by atoms with Crippen LogP contribution in [0.3, 0.4) is 0 Å². The molecule has 2 heterocycles. The molecule has 23 heavy (non-hydrogen) atoms. The fourth-order valence-electron chi connectivity index (χ4n) is 2.60. The lowest BCUT2D eigenvalue weighted by atomic mass is 10.0. The van der Waals surface area contributed by atoms with Crippen molar-refractivity contribution < 1.29 is 12.8 Å². The average molecular weight is 331 g/mol. The summed E-state index contributed by atoms with van der Waals surface area (Å²) >= 11 is 0. The molecule has 1 aliphatic rings. The van der Waals surface area contributed by atoms with E-state index in [2.05, 4.69) is 11.9 Å². The zero-order valence-corrected chi connectivity index (χ0v) is 13.6. The maximum atomic E-state index is 12.8. The predicted molar refractivity (Wildman–Crippen MR) is 83.8 cm³/mol. The predicted octanol–water partition coefficient (Wildman–Crippen LogP) is 2.63. The lowest BCUT2D eigenvalue weighted by molar-refractivity contribution is 0.281. The van der Waals surface area contributed by atoms with E-state index in [9.17, 15) is 13.7 Å². The Labute approximate surface area is 135 Å². The molecule has 1 aliphatic heterocycles. The first-order chi connectivity index (χ1) is 11.0. The smallest absolute Gasteiger partial charge is 0.279 e. The first-order valence-electron chi connectivity index (χ1n) is 7.49. The average Bonchev–Trinajstić information content (AvgIpc) is 3.01. The minimum Gasteiger partial charge on any atom is -0.422 e. The Balaban J connectivity index is 1.99. The number of aromatic nitrogens is 1. The molecule has 6 nitrogen and oxygen atoms in total. The third-order valence-corrected chi connectivity index (χ3v) is 5.83. The molecule has 0 unspecified atom stereocenters. The van der Waals surface area contributed by atoms with Crippen molar-refractivity contribution in [2.45, 2.75) is 24.9 Å². The number of piperidine rings is 1. The van der Waals surface area contributed by atoms with Gasteiger partial charge in [-0.1, -0.05) is 25.1 Å². The van der Waals surface area contributed by atoms with E-state index in [1.807, 2.05) is 12.1 Å². The van der Waals surface area contributed by atoms with Crippen molar-refractivity contribution in [3.8, 4) is 17.5 Å². The highest BCUT2D eigenvalue weighted by atomic mass is 32.2. The minimum atomic E-state index is -3.83. The van der Waals surface area contributed by atoms with E-state index in [1.165, 1.54) is 4.31 Å². The Hall–Kier alpha value is -2.17. The maximum absolute atomic E-state index is 12.8. The Kier molecular flexibility index (Phi) is 4.20. The van der Waals surface area contributed by atoms with E-state index >= 15 is 0 Å². The van der Waals surface area contributed by atoms with Crippen molar-refractivity contribution >= 4 is 10.0 Å². The molecule has 0 aliphatic carbocycles. The minimum absolute atomic E-state index is 0.145. The van der Waals surface area contributed by atoms with Crippen LogP contribution in [-0.2, 0) is 10.0 Å². The van der Waals surface area contributed by atoms with E-state index in [-0.39, 0.29) is 16.7 Å². The van der Waals surface area contributed by atoms with Gasteiger partial charge in [-0.25, -0.2) is 8.42 Å². The van der Waals surface area contributed by atoms with Gasteiger partial charge >= 0.3 is 0 Å². The van der Waals surface area contributed by atoms with Crippen LogP contribution < -0.4 is 0 Å². The molecule has 0 atom stereocenters. The maximum Gasteiger partial charge on any atom is 0.279 e. The largest absolute Gasteiger partial charge is 0.422 e. The number of sulfonamides is 1. The van der Waals surface area contributed by atoms with Crippen LogP contribution in [0, 0.1) is 17.2 Å². The molecule has 1 saturated heterocycles. The number of benzene rings is 1. The number of rotatable bonds is 3. The Morgan fingerprint density at radius 2 is 1.91 bits per heavy atom. The normalized spacial score (nSPS) is 17.0. The van der Waals surface area contributed by atoms with Crippen molar-refractivity contribution in [2.24, 2.45) is 5.92 Å². The summed E-state index contributed by atoms with van der Waals surface area (Å²) in [7, 11) is -3.83. The molecule has 2 aromatic rings. The van der Waals surface area contributed by atoms with Gasteiger partial charge in [-0.3, -0.25) is 0 Å². The molecule has 0 bridgehead atoms. The van der Waals surface area contributed by atoms with Gasteiger partial charge in [-0.05, 0) is 30.9 Å². The molecule has 120 valence electrons. The number of oxazole rings is 1. The fraction of sp³-hybridized carbons (Fsp3) is 0.375. The van der Waals surface area contributed by atoms with Crippen LogP contribution >= 0.6 is 0 Å². The van der Waals surface area contributed by atoms with E-state index in [0.29, 0.717) is 24.6 Å². The number of hydrogen-bond donors (Lipinski definition) is 0. The molecule has 1 fully saturated rings. The van der Waals surface area contributed by atoms with Gasteiger partial charge in [0.25, 0.3) is 15.1 Å². The number of hydrogen-bond acceptors (Lipinski definition) is 5. The fourth-order valence-corrected chi connectivity index (χ4v) is 4.04. The molecule has 0 saturated carbocycles. The standard InChI is InChI=1S/C16H17N3O3S/c1-12-7-9-19(10-8-12)23(20,21)16-14(11-17)18-15(22-16)13-5-3-2-4-6-13/h2-6,12H,7-10H2,1H3. The van der Waals surface area contributed by atoms with Gasteiger partial charge in [0.2, 0.25) is 5.89 Å². The first-order valence-corrected chi connectivity index (χ1v) is 8.93. The van der Waals surface area contributed by atoms with Gasteiger partial charge < -0.3 is 4.42 Å². The van der Waals surface area contributed by atoms with Crippen LogP contribution in [-0.4, -0.2) is 30.8 Å². The Morgan fingerprint density at radius 3 is 2.52 bits per heavy atom. The van der Waals surface area contributed by atoms with Gasteiger partial charge in [0.1, 0.15) is 6.07 Å². The topological polar surface area (TPSA) is 87.2 Å². The van der Waals surface area contributed by atoms with E-state index in [1.54, 1.807) is 24.3 Å². The summed E-state index contributed by atoms with van der Waals surface area (Å²) in [5.41, 5.74) is 0.445. The zero-order valence-electron chi connectivity index (χ0n) is 12.8. The van der Waals surface area contributed by atoms with E-state index in [4.69, 9.17) is 4.42 Å². The molecular formula is C16H17N3O3S. The molecule has 0 amide bonds. The molecule has 3 rings (SSSR count). The van der Waals surface area contributed by atoms with Gasteiger partial charge in [0.05, 0.1) is 0 Å². The molecule has 0 spiro atoms. The van der Waals surface area contributed by atoms with Gasteiger partial charge in [-0.15, -0.1) is 0 Å². The van der Waals surface area contributed by atoms with Crippen LogP contribution in [0.4, 0.5) is 0 Å². The molecule has 7 heteroatoms. The molecular weight excluding hydrogens is 314 g/mol. The number of nitriles is 1. The summed E-state index contributed by atoms with van der Waals surface area (Å²) in [6.45, 7) is 2.98.